The Morgan fingerprint density at radius 1 is 1.30 bits per heavy atom. The van der Waals surface area contributed by atoms with Crippen LogP contribution in [0, 0.1) is 0 Å². The van der Waals surface area contributed by atoms with E-state index in [1.165, 1.54) is 10.6 Å². The lowest BCUT2D eigenvalue weighted by Crippen LogP contribution is -2.30. The molecule has 62 valence electrons. The first-order valence-electron chi connectivity index (χ1n) is 3.02. The maximum Gasteiger partial charge on any atom is 0.0912 e. The molecule has 0 aliphatic heterocycles. The van der Waals surface area contributed by atoms with Gasteiger partial charge in [-0.05, 0) is 0 Å². The van der Waals surface area contributed by atoms with Crippen molar-refractivity contribution < 1.29 is 14.4 Å². The minimum atomic E-state index is -1.09. The topological polar surface area (TPSA) is 60.8 Å². The first-order valence-corrected chi connectivity index (χ1v) is 4.54. The molecule has 0 aromatic carbocycles. The lowest BCUT2D eigenvalue weighted by molar-refractivity contribution is 0.222. The Kier molecular flexibility index (Phi) is 5.81. The van der Waals surface area contributed by atoms with Crippen molar-refractivity contribution in [1.82, 2.24) is 4.31 Å². The third-order valence-corrected chi connectivity index (χ3v) is 2.15. The summed E-state index contributed by atoms with van der Waals surface area (Å²) < 4.78 is 12.2. The van der Waals surface area contributed by atoms with Crippen LogP contribution >= 0.6 is 0 Å². The highest BCUT2D eigenvalue weighted by Crippen LogP contribution is 1.89. The Morgan fingerprint density at radius 3 is 1.90 bits per heavy atom. The van der Waals surface area contributed by atoms with Gasteiger partial charge in [-0.2, -0.15) is 0 Å². The van der Waals surface area contributed by atoms with Crippen molar-refractivity contribution in [1.29, 1.82) is 0 Å². The first-order chi connectivity index (χ1) is 4.72. The van der Waals surface area contributed by atoms with E-state index in [1.807, 2.05) is 0 Å². The summed E-state index contributed by atoms with van der Waals surface area (Å²) in [4.78, 5) is 0. The minimum Gasteiger partial charge on any atom is -0.395 e. The van der Waals surface area contributed by atoms with Gasteiger partial charge in [-0.3, -0.25) is 0 Å². The number of hydrogen-bond donors (Lipinski definition) is 2. The molecule has 10 heavy (non-hydrogen) atoms. The van der Waals surface area contributed by atoms with Crippen LogP contribution in [0.4, 0.5) is 0 Å². The highest BCUT2D eigenvalue weighted by atomic mass is 32.2. The summed E-state index contributed by atoms with van der Waals surface area (Å²) in [7, 11) is -1.09. The van der Waals surface area contributed by atoms with Crippen molar-refractivity contribution in [3.8, 4) is 0 Å². The zero-order valence-electron chi connectivity index (χ0n) is 5.99. The van der Waals surface area contributed by atoms with E-state index in [4.69, 9.17) is 10.2 Å². The van der Waals surface area contributed by atoms with Crippen molar-refractivity contribution in [2.45, 2.75) is 0 Å². The molecule has 0 bridgehead atoms. The van der Waals surface area contributed by atoms with Gasteiger partial charge in [-0.15, -0.1) is 0 Å². The van der Waals surface area contributed by atoms with Crippen molar-refractivity contribution in [3.05, 3.63) is 0 Å². The fraction of sp³-hybridized carbons (Fsp3) is 1.00. The van der Waals surface area contributed by atoms with Gasteiger partial charge in [-0.1, -0.05) is 0 Å². The van der Waals surface area contributed by atoms with Gasteiger partial charge in [0.1, 0.15) is 0 Å². The third kappa shape index (κ3) is 3.94. The SMILES string of the molecule is CS(=O)N(CCO)CCO. The first kappa shape index (κ1) is 10.0. The molecule has 0 aromatic heterocycles. The lowest BCUT2D eigenvalue weighted by Gasteiger charge is -2.15. The maximum absolute atomic E-state index is 10.7. The van der Waals surface area contributed by atoms with Gasteiger partial charge in [0.25, 0.3) is 0 Å². The molecule has 4 nitrogen and oxygen atoms in total. The Morgan fingerprint density at radius 2 is 1.70 bits per heavy atom. The van der Waals surface area contributed by atoms with Gasteiger partial charge in [0.2, 0.25) is 0 Å². The average Bonchev–Trinajstić information content (AvgIpc) is 1.87. The summed E-state index contributed by atoms with van der Waals surface area (Å²) in [6.07, 6.45) is 1.52. The number of nitrogens with zero attached hydrogens (tertiary/aromatic N) is 1. The zero-order chi connectivity index (χ0) is 7.98. The molecule has 0 saturated heterocycles. The van der Waals surface area contributed by atoms with Crippen LogP contribution in [0.15, 0.2) is 0 Å². The predicted octanol–water partition coefficient (Wildman–Crippen LogP) is -1.43. The fourth-order valence-electron chi connectivity index (χ4n) is 0.592. The van der Waals surface area contributed by atoms with Gasteiger partial charge in [-0.25, -0.2) is 8.51 Å². The monoisotopic (exact) mass is 167 g/mol. The Balaban J connectivity index is 3.61. The highest BCUT2D eigenvalue weighted by molar-refractivity contribution is 7.81. The second-order valence-corrected chi connectivity index (χ2v) is 3.16. The van der Waals surface area contributed by atoms with E-state index in [0.29, 0.717) is 13.1 Å². The van der Waals surface area contributed by atoms with E-state index >= 15 is 0 Å². The van der Waals surface area contributed by atoms with Gasteiger partial charge in [0.05, 0.1) is 24.2 Å². The molecule has 0 amide bonds. The van der Waals surface area contributed by atoms with Crippen LogP contribution < -0.4 is 0 Å². The van der Waals surface area contributed by atoms with Crippen LogP contribution in [0.1, 0.15) is 0 Å². The summed E-state index contributed by atoms with van der Waals surface area (Å²) in [5, 5.41) is 16.9. The molecule has 0 aliphatic rings. The molecule has 0 fully saturated rings. The summed E-state index contributed by atoms with van der Waals surface area (Å²) in [5.74, 6) is 0. The molecule has 0 aliphatic carbocycles. The maximum atomic E-state index is 10.7. The standard InChI is InChI=1S/C5H13NO3S/c1-10(9)6(2-4-7)3-5-8/h7-8H,2-5H2,1H3. The lowest BCUT2D eigenvalue weighted by atomic mass is 10.6. The van der Waals surface area contributed by atoms with E-state index in [2.05, 4.69) is 0 Å². The quantitative estimate of drug-likeness (QED) is 0.527. The van der Waals surface area contributed by atoms with Crippen molar-refractivity contribution in [2.24, 2.45) is 0 Å². The molecule has 0 rings (SSSR count). The third-order valence-electron chi connectivity index (χ3n) is 1.06. The number of rotatable bonds is 5. The van der Waals surface area contributed by atoms with Gasteiger partial charge in [0, 0.05) is 19.3 Å². The molecule has 5 heteroatoms. The molecule has 0 saturated carbocycles. The zero-order valence-corrected chi connectivity index (χ0v) is 6.80. The molecule has 1 atom stereocenters. The molecular formula is C5H13NO3S. The fourth-order valence-corrected chi connectivity index (χ4v) is 1.27. The number of aliphatic hydroxyl groups excluding tert-OH is 2. The summed E-state index contributed by atoms with van der Waals surface area (Å²) in [6, 6.07) is 0. The van der Waals surface area contributed by atoms with E-state index in [-0.39, 0.29) is 13.2 Å². The second-order valence-electron chi connectivity index (χ2n) is 1.80. The summed E-state index contributed by atoms with van der Waals surface area (Å²) in [6.45, 7) is 0.645. The molecule has 2 N–H and O–H groups in total. The largest absolute Gasteiger partial charge is 0.395 e. The van der Waals surface area contributed by atoms with E-state index in [0.717, 1.165) is 0 Å². The van der Waals surface area contributed by atoms with Crippen LogP contribution in [0.25, 0.3) is 0 Å². The Hall–Kier alpha value is 0.0300. The van der Waals surface area contributed by atoms with Crippen LogP contribution in [0.3, 0.4) is 0 Å². The molecule has 0 aromatic rings. The van der Waals surface area contributed by atoms with Gasteiger partial charge < -0.3 is 10.2 Å². The Bertz CT molecular complexity index is 103. The molecular weight excluding hydrogens is 154 g/mol. The minimum absolute atomic E-state index is 0.0282. The van der Waals surface area contributed by atoms with Gasteiger partial charge in [0.15, 0.2) is 0 Å². The molecule has 0 spiro atoms. The van der Waals surface area contributed by atoms with Crippen LogP contribution in [-0.2, 0) is 11.0 Å². The van der Waals surface area contributed by atoms with Gasteiger partial charge >= 0.3 is 0 Å². The van der Waals surface area contributed by atoms with Crippen molar-refractivity contribution in [3.63, 3.8) is 0 Å². The highest BCUT2D eigenvalue weighted by Gasteiger charge is 2.05. The Labute approximate surface area is 63.1 Å². The number of hydrogen-bond acceptors (Lipinski definition) is 3. The summed E-state index contributed by atoms with van der Waals surface area (Å²) >= 11 is 0. The van der Waals surface area contributed by atoms with E-state index in [9.17, 15) is 4.21 Å². The van der Waals surface area contributed by atoms with Crippen LogP contribution in [0.2, 0.25) is 0 Å². The van der Waals surface area contributed by atoms with Crippen LogP contribution in [-0.4, -0.2) is 51.3 Å². The second kappa shape index (κ2) is 5.79. The average molecular weight is 167 g/mol. The molecule has 1 unspecified atom stereocenters. The smallest absolute Gasteiger partial charge is 0.0912 e. The van der Waals surface area contributed by atoms with E-state index < -0.39 is 11.0 Å². The van der Waals surface area contributed by atoms with Crippen molar-refractivity contribution >= 4 is 11.0 Å². The normalized spacial score (nSPS) is 14.0. The van der Waals surface area contributed by atoms with Crippen molar-refractivity contribution in [2.75, 3.05) is 32.6 Å². The number of aliphatic hydroxyl groups is 2. The van der Waals surface area contributed by atoms with E-state index in [1.54, 1.807) is 0 Å². The molecule has 0 heterocycles. The van der Waals surface area contributed by atoms with Crippen LogP contribution in [0.5, 0.6) is 0 Å². The summed E-state index contributed by atoms with van der Waals surface area (Å²) in [5.41, 5.74) is 0. The molecule has 0 radical (unpaired) electrons. The predicted molar refractivity (Wildman–Crippen MR) is 39.8 cm³/mol.